The average molecular weight is 392 g/mol. The fourth-order valence-corrected chi connectivity index (χ4v) is 2.08. The molecule has 6 nitrogen and oxygen atoms in total. The number of nitrogens with one attached hydrogen (secondary N) is 1. The zero-order valence-corrected chi connectivity index (χ0v) is 14.3. The number of carbonyl (C=O) groups is 3. The summed E-state index contributed by atoms with van der Waals surface area (Å²) >= 11 is 0. The summed E-state index contributed by atoms with van der Waals surface area (Å²) in [4.78, 5) is 34.3. The Hall–Kier alpha value is -3.62. The first-order valence-electron chi connectivity index (χ1n) is 7.87. The van der Waals surface area contributed by atoms with Gasteiger partial charge in [0.1, 0.15) is 0 Å². The molecule has 0 heterocycles. The molecule has 0 radical (unpaired) electrons. The predicted octanol–water partition coefficient (Wildman–Crippen LogP) is 3.00. The molecule has 0 aliphatic heterocycles. The number of ether oxygens (including phenoxy) is 1. The van der Waals surface area contributed by atoms with Crippen molar-refractivity contribution in [1.29, 1.82) is 0 Å². The second-order valence-corrected chi connectivity index (χ2v) is 5.55. The normalized spacial score (nSPS) is 11.2. The molecule has 0 atom stereocenters. The van der Waals surface area contributed by atoms with Gasteiger partial charge in [-0.2, -0.15) is 13.2 Å². The fraction of sp³-hybridized carbons (Fsp3) is 0.105. The zero-order chi connectivity index (χ0) is 20.7. The van der Waals surface area contributed by atoms with E-state index in [2.05, 4.69) is 5.32 Å². The standard InChI is InChI=1S/C19H15F3N2O4/c20-19(21,22)14-3-1-2-12(10-14)4-9-17(26)28-11-16(25)24-15-7-5-13(6-8-15)18(23)27/h1-10H,11H2,(H2,23,27)(H,24,25). The maximum Gasteiger partial charge on any atom is 0.416 e. The van der Waals surface area contributed by atoms with Crippen molar-refractivity contribution in [3.63, 3.8) is 0 Å². The van der Waals surface area contributed by atoms with Gasteiger partial charge in [-0.1, -0.05) is 12.1 Å². The summed E-state index contributed by atoms with van der Waals surface area (Å²) in [5.74, 6) is -2.14. The molecule has 0 aliphatic carbocycles. The Morgan fingerprint density at radius 2 is 1.75 bits per heavy atom. The van der Waals surface area contributed by atoms with Gasteiger partial charge in [-0.3, -0.25) is 9.59 Å². The lowest BCUT2D eigenvalue weighted by molar-refractivity contribution is -0.142. The van der Waals surface area contributed by atoms with Crippen LogP contribution in [0.3, 0.4) is 0 Å². The first kappa shape index (κ1) is 20.7. The van der Waals surface area contributed by atoms with E-state index in [9.17, 15) is 27.6 Å². The zero-order valence-electron chi connectivity index (χ0n) is 14.3. The largest absolute Gasteiger partial charge is 0.452 e. The Morgan fingerprint density at radius 3 is 2.36 bits per heavy atom. The molecule has 0 unspecified atom stereocenters. The first-order chi connectivity index (χ1) is 13.1. The molecule has 0 saturated carbocycles. The molecule has 0 aliphatic rings. The van der Waals surface area contributed by atoms with Gasteiger partial charge in [-0.05, 0) is 48.0 Å². The van der Waals surface area contributed by atoms with Gasteiger partial charge in [0.15, 0.2) is 6.61 Å². The number of hydrogen-bond donors (Lipinski definition) is 2. The summed E-state index contributed by atoms with van der Waals surface area (Å²) in [5.41, 5.74) is 5.05. The van der Waals surface area contributed by atoms with E-state index in [0.717, 1.165) is 24.3 Å². The molecular weight excluding hydrogens is 377 g/mol. The van der Waals surface area contributed by atoms with E-state index < -0.39 is 36.1 Å². The molecular formula is C19H15F3N2O4. The number of hydrogen-bond acceptors (Lipinski definition) is 4. The van der Waals surface area contributed by atoms with Crippen molar-refractivity contribution < 1.29 is 32.3 Å². The van der Waals surface area contributed by atoms with Crippen LogP contribution in [0.2, 0.25) is 0 Å². The van der Waals surface area contributed by atoms with Crippen molar-refractivity contribution in [2.45, 2.75) is 6.18 Å². The van der Waals surface area contributed by atoms with Gasteiger partial charge in [0.05, 0.1) is 5.56 Å². The van der Waals surface area contributed by atoms with E-state index in [-0.39, 0.29) is 11.1 Å². The lowest BCUT2D eigenvalue weighted by Gasteiger charge is -2.07. The molecule has 2 aromatic rings. The molecule has 0 bridgehead atoms. The molecule has 0 fully saturated rings. The molecule has 9 heteroatoms. The second-order valence-electron chi connectivity index (χ2n) is 5.55. The molecule has 2 rings (SSSR count). The Bertz CT molecular complexity index is 906. The number of nitrogens with two attached hydrogens (primary N) is 1. The Labute approximate surface area is 157 Å². The van der Waals surface area contributed by atoms with Crippen LogP contribution in [0.25, 0.3) is 6.08 Å². The monoisotopic (exact) mass is 392 g/mol. The van der Waals surface area contributed by atoms with Crippen LogP contribution in [0.1, 0.15) is 21.5 Å². The number of alkyl halides is 3. The molecule has 28 heavy (non-hydrogen) atoms. The maximum atomic E-state index is 12.6. The minimum atomic E-state index is -4.49. The number of halogens is 3. The van der Waals surface area contributed by atoms with Crippen molar-refractivity contribution in [2.24, 2.45) is 5.73 Å². The van der Waals surface area contributed by atoms with Crippen LogP contribution in [-0.4, -0.2) is 24.4 Å². The van der Waals surface area contributed by atoms with Crippen LogP contribution in [0.4, 0.5) is 18.9 Å². The van der Waals surface area contributed by atoms with Crippen molar-refractivity contribution in [3.8, 4) is 0 Å². The minimum Gasteiger partial charge on any atom is -0.452 e. The number of rotatable bonds is 6. The Morgan fingerprint density at radius 1 is 1.07 bits per heavy atom. The van der Waals surface area contributed by atoms with Crippen LogP contribution in [-0.2, 0) is 20.5 Å². The predicted molar refractivity (Wildman–Crippen MR) is 95.0 cm³/mol. The average Bonchev–Trinajstić information content (AvgIpc) is 2.64. The Kier molecular flexibility index (Phi) is 6.54. The van der Waals surface area contributed by atoms with E-state index >= 15 is 0 Å². The smallest absolute Gasteiger partial charge is 0.416 e. The number of anilines is 1. The SMILES string of the molecule is NC(=O)c1ccc(NC(=O)COC(=O)C=Cc2cccc(C(F)(F)F)c2)cc1. The highest BCUT2D eigenvalue weighted by atomic mass is 19.4. The molecule has 146 valence electrons. The number of amides is 2. The lowest BCUT2D eigenvalue weighted by Crippen LogP contribution is -2.20. The van der Waals surface area contributed by atoms with Crippen molar-refractivity contribution in [1.82, 2.24) is 0 Å². The third-order valence-electron chi connectivity index (χ3n) is 3.42. The molecule has 0 spiro atoms. The van der Waals surface area contributed by atoms with Crippen LogP contribution in [0, 0.1) is 0 Å². The van der Waals surface area contributed by atoms with Gasteiger partial charge in [0.2, 0.25) is 5.91 Å². The molecule has 0 aromatic heterocycles. The van der Waals surface area contributed by atoms with Gasteiger partial charge >= 0.3 is 12.1 Å². The van der Waals surface area contributed by atoms with Gasteiger partial charge < -0.3 is 15.8 Å². The summed E-state index contributed by atoms with van der Waals surface area (Å²) in [5, 5.41) is 2.44. The highest BCUT2D eigenvalue weighted by molar-refractivity contribution is 5.96. The van der Waals surface area contributed by atoms with E-state index in [4.69, 9.17) is 10.5 Å². The number of esters is 1. The number of carbonyl (C=O) groups excluding carboxylic acids is 3. The topological polar surface area (TPSA) is 98.5 Å². The number of benzene rings is 2. The maximum absolute atomic E-state index is 12.6. The lowest BCUT2D eigenvalue weighted by atomic mass is 10.1. The van der Waals surface area contributed by atoms with Crippen LogP contribution >= 0.6 is 0 Å². The second kappa shape index (κ2) is 8.85. The summed E-state index contributed by atoms with van der Waals surface area (Å²) in [6.07, 6.45) is -2.42. The van der Waals surface area contributed by atoms with Crippen LogP contribution in [0.15, 0.2) is 54.6 Å². The summed E-state index contributed by atoms with van der Waals surface area (Å²) in [6, 6.07) is 10.1. The van der Waals surface area contributed by atoms with E-state index in [1.807, 2.05) is 0 Å². The van der Waals surface area contributed by atoms with E-state index in [1.54, 1.807) is 0 Å². The van der Waals surface area contributed by atoms with E-state index in [1.165, 1.54) is 36.4 Å². The van der Waals surface area contributed by atoms with Crippen LogP contribution < -0.4 is 11.1 Å². The third-order valence-corrected chi connectivity index (χ3v) is 3.42. The minimum absolute atomic E-state index is 0.158. The Balaban J connectivity index is 1.85. The molecule has 0 saturated heterocycles. The van der Waals surface area contributed by atoms with Crippen molar-refractivity contribution in [3.05, 3.63) is 71.3 Å². The highest BCUT2D eigenvalue weighted by Gasteiger charge is 2.30. The molecule has 2 aromatic carbocycles. The molecule has 2 amide bonds. The van der Waals surface area contributed by atoms with Crippen molar-refractivity contribution in [2.75, 3.05) is 11.9 Å². The van der Waals surface area contributed by atoms with Gasteiger partial charge in [-0.15, -0.1) is 0 Å². The molecule has 3 N–H and O–H groups in total. The third kappa shape index (κ3) is 6.27. The van der Waals surface area contributed by atoms with Gasteiger partial charge in [0.25, 0.3) is 5.91 Å². The van der Waals surface area contributed by atoms with Gasteiger partial charge in [0, 0.05) is 17.3 Å². The van der Waals surface area contributed by atoms with Crippen LogP contribution in [0.5, 0.6) is 0 Å². The summed E-state index contributed by atoms with van der Waals surface area (Å²) < 4.78 is 42.6. The summed E-state index contributed by atoms with van der Waals surface area (Å²) in [7, 11) is 0. The van der Waals surface area contributed by atoms with Crippen molar-refractivity contribution >= 4 is 29.5 Å². The fourth-order valence-electron chi connectivity index (χ4n) is 2.08. The number of primary amides is 1. The highest BCUT2D eigenvalue weighted by Crippen LogP contribution is 2.29. The van der Waals surface area contributed by atoms with E-state index in [0.29, 0.717) is 5.69 Å². The summed E-state index contributed by atoms with van der Waals surface area (Å²) in [6.45, 7) is -0.594. The van der Waals surface area contributed by atoms with Gasteiger partial charge in [-0.25, -0.2) is 4.79 Å². The first-order valence-corrected chi connectivity index (χ1v) is 7.87. The quantitative estimate of drug-likeness (QED) is 0.583.